The van der Waals surface area contributed by atoms with Gasteiger partial charge >= 0.3 is 0 Å². The van der Waals surface area contributed by atoms with Gasteiger partial charge in [-0.25, -0.2) is 13.8 Å². The molecule has 0 aliphatic heterocycles. The molecule has 27 heavy (non-hydrogen) atoms. The quantitative estimate of drug-likeness (QED) is 0.461. The van der Waals surface area contributed by atoms with Gasteiger partial charge in [-0.05, 0) is 19.1 Å². The van der Waals surface area contributed by atoms with Crippen molar-refractivity contribution < 1.29 is 21.9 Å². The van der Waals surface area contributed by atoms with Gasteiger partial charge in [0.15, 0.2) is 12.3 Å². The van der Waals surface area contributed by atoms with E-state index in [9.17, 15) is 13.6 Å². The molecule has 3 aromatic rings. The Bertz CT molecular complexity index is 969. The molecule has 11 heteroatoms. The highest BCUT2D eigenvalue weighted by molar-refractivity contribution is 7.90. The van der Waals surface area contributed by atoms with Crippen LogP contribution in [0, 0.1) is 0 Å². The monoisotopic (exact) mass is 398 g/mol. The van der Waals surface area contributed by atoms with Crippen LogP contribution in [0.2, 0.25) is 0 Å². The van der Waals surface area contributed by atoms with E-state index in [4.69, 9.17) is 13.1 Å². The van der Waals surface area contributed by atoms with Crippen molar-refractivity contribution in [1.29, 1.82) is 0 Å². The molecule has 0 spiro atoms. The summed E-state index contributed by atoms with van der Waals surface area (Å²) in [4.78, 5) is 22.6. The number of alkyl halides is 2. The number of hydrogen-bond acceptors (Lipinski definition) is 7. The number of hydrogen-bond donors (Lipinski definition) is 1. The van der Waals surface area contributed by atoms with E-state index in [-0.39, 0.29) is 17.1 Å². The topological polar surface area (TPSA) is 90.7 Å². The molecular weight excluding hydrogens is 382 g/mol. The summed E-state index contributed by atoms with van der Waals surface area (Å²) < 4.78 is 43.0. The summed E-state index contributed by atoms with van der Waals surface area (Å²) in [6, 6.07) is 4.38. The lowest BCUT2D eigenvalue weighted by Crippen LogP contribution is -2.20. The van der Waals surface area contributed by atoms with Crippen LogP contribution >= 0.6 is 12.3 Å². The van der Waals surface area contributed by atoms with Gasteiger partial charge in [-0.1, -0.05) is 0 Å². The number of nitrogens with one attached hydrogen (secondary N) is 1. The third-order valence-electron chi connectivity index (χ3n) is 3.23. The zero-order valence-electron chi connectivity index (χ0n) is 14.4. The van der Waals surface area contributed by atoms with Crippen LogP contribution in [0.1, 0.15) is 13.8 Å². The van der Waals surface area contributed by atoms with E-state index in [0.717, 1.165) is 19.2 Å². The predicted octanol–water partition coefficient (Wildman–Crippen LogP) is 3.10. The Morgan fingerprint density at radius 2 is 2.15 bits per heavy atom. The molecule has 0 atom stereocenters. The molecule has 0 amide bonds. The second-order valence-corrected chi connectivity index (χ2v) is 6.10. The van der Waals surface area contributed by atoms with Crippen molar-refractivity contribution in [3.63, 3.8) is 0 Å². The first kappa shape index (κ1) is 19.1. The van der Waals surface area contributed by atoms with E-state index in [1.165, 1.54) is 28.9 Å². The maximum atomic E-state index is 12.9. The van der Waals surface area contributed by atoms with Gasteiger partial charge in [0.05, 0.1) is 18.5 Å². The Morgan fingerprint density at radius 3 is 2.81 bits per heavy atom. The summed E-state index contributed by atoms with van der Waals surface area (Å²) in [5.41, 5.74) is 0.430. The van der Waals surface area contributed by atoms with Crippen molar-refractivity contribution >= 4 is 18.1 Å². The number of ether oxygens (including phenoxy) is 1. The van der Waals surface area contributed by atoms with E-state index < -0.39 is 12.5 Å². The fourth-order valence-corrected chi connectivity index (χ4v) is 2.47. The molecule has 3 rings (SSSR count). The first-order valence-corrected chi connectivity index (χ1v) is 8.58. The Kier molecular flexibility index (Phi) is 5.61. The summed E-state index contributed by atoms with van der Waals surface area (Å²) in [5.74, 6) is -2.19. The molecule has 3 aromatic heterocycles. The number of nitrogens with zero attached hydrogens (tertiary/aromatic N) is 3. The molecule has 0 saturated heterocycles. The lowest BCUT2D eigenvalue weighted by atomic mass is 10.3. The summed E-state index contributed by atoms with van der Waals surface area (Å²) in [6.07, 6.45) is 2.82. The minimum atomic E-state index is -2.94. The van der Waals surface area contributed by atoms with E-state index in [1.807, 2.05) is 6.92 Å². The molecular formula is C16H16F2N4O4S. The third kappa shape index (κ3) is 4.74. The van der Waals surface area contributed by atoms with E-state index in [0.29, 0.717) is 23.9 Å². The fourth-order valence-electron chi connectivity index (χ4n) is 2.11. The van der Waals surface area contributed by atoms with E-state index in [1.54, 1.807) is 6.07 Å². The molecule has 8 nitrogen and oxygen atoms in total. The second kappa shape index (κ2) is 7.92. The maximum Gasteiger partial charge on any atom is 0.278 e. The molecule has 1 N–H and O–H groups in total. The van der Waals surface area contributed by atoms with Gasteiger partial charge in [-0.15, -0.1) is 0 Å². The van der Waals surface area contributed by atoms with Gasteiger partial charge in [-0.2, -0.15) is 0 Å². The van der Waals surface area contributed by atoms with Crippen LogP contribution in [0.3, 0.4) is 0 Å². The highest BCUT2D eigenvalue weighted by atomic mass is 32.2. The summed E-state index contributed by atoms with van der Waals surface area (Å²) in [7, 11) is 0. The van der Waals surface area contributed by atoms with Crippen molar-refractivity contribution in [2.24, 2.45) is 0 Å². The highest BCUT2D eigenvalue weighted by Gasteiger charge is 2.22. The Balaban J connectivity index is 1.92. The Morgan fingerprint density at radius 1 is 1.33 bits per heavy atom. The molecule has 144 valence electrons. The number of fused-ring (bicyclic) bond motifs is 1. The molecule has 0 unspecified atom stereocenters. The van der Waals surface area contributed by atoms with E-state index in [2.05, 4.69) is 15.0 Å². The van der Waals surface area contributed by atoms with Gasteiger partial charge in [-0.3, -0.25) is 23.3 Å². The Labute approximate surface area is 156 Å². The van der Waals surface area contributed by atoms with Gasteiger partial charge < -0.3 is 8.92 Å². The van der Waals surface area contributed by atoms with Gasteiger partial charge in [0.2, 0.25) is 24.0 Å². The molecule has 0 aliphatic rings. The van der Waals surface area contributed by atoms with Crippen molar-refractivity contribution in [1.82, 2.24) is 19.4 Å². The number of imidazole rings is 1. The highest BCUT2D eigenvalue weighted by Crippen LogP contribution is 2.31. The first-order chi connectivity index (χ1) is 12.9. The summed E-state index contributed by atoms with van der Waals surface area (Å²) in [5, 5.41) is 0. The number of aromatic amines is 1. The van der Waals surface area contributed by atoms with Crippen LogP contribution in [0.5, 0.6) is 11.6 Å². The molecule has 3 heterocycles. The molecule has 0 bridgehead atoms. The molecule has 0 aliphatic carbocycles. The van der Waals surface area contributed by atoms with Crippen molar-refractivity contribution in [2.75, 3.05) is 13.2 Å². The lowest BCUT2D eigenvalue weighted by Gasteiger charge is -2.11. The van der Waals surface area contributed by atoms with Crippen LogP contribution in [0.4, 0.5) is 8.78 Å². The average molecular weight is 398 g/mol. The van der Waals surface area contributed by atoms with Gasteiger partial charge in [0, 0.05) is 19.2 Å². The minimum absolute atomic E-state index is 0.198. The molecule has 0 fully saturated rings. The standard InChI is InChI=1S/C16H16F2N4O4S/c1-3-25-27-26-14-13(21-15-20-12(23)6-7-22(14)15)11-5-4-10(8-19-11)24-9-16(2,17)18/h4-8H,3,9H2,1-2H3,(H,20,21,23). The SMILES string of the molecule is CCOSOc1c(-c2ccc(OCC(C)(F)F)cn2)nc2[nH]c(=O)ccn12. The van der Waals surface area contributed by atoms with Crippen LogP contribution < -0.4 is 14.5 Å². The molecule has 0 aromatic carbocycles. The smallest absolute Gasteiger partial charge is 0.278 e. The van der Waals surface area contributed by atoms with Gasteiger partial charge in [0.1, 0.15) is 5.75 Å². The van der Waals surface area contributed by atoms with Crippen molar-refractivity contribution in [3.05, 3.63) is 40.9 Å². The molecule has 0 saturated carbocycles. The van der Waals surface area contributed by atoms with Crippen molar-refractivity contribution in [3.8, 4) is 23.0 Å². The number of pyridine rings is 1. The maximum absolute atomic E-state index is 12.9. The summed E-state index contributed by atoms with van der Waals surface area (Å²) >= 11 is 0.764. The number of rotatable bonds is 8. The fraction of sp³-hybridized carbons (Fsp3) is 0.312. The average Bonchev–Trinajstić information content (AvgIpc) is 2.98. The van der Waals surface area contributed by atoms with Crippen LogP contribution in [-0.2, 0) is 4.18 Å². The van der Waals surface area contributed by atoms with E-state index >= 15 is 0 Å². The number of halogens is 2. The zero-order valence-corrected chi connectivity index (χ0v) is 15.3. The van der Waals surface area contributed by atoms with Crippen LogP contribution in [-0.4, -0.2) is 38.5 Å². The van der Waals surface area contributed by atoms with Gasteiger partial charge in [0.25, 0.3) is 11.5 Å². The Hall–Kier alpha value is -2.66. The third-order valence-corrected chi connectivity index (χ3v) is 3.79. The number of aromatic nitrogens is 4. The first-order valence-electron chi connectivity index (χ1n) is 7.92. The van der Waals surface area contributed by atoms with Crippen molar-refractivity contribution in [2.45, 2.75) is 19.8 Å². The minimum Gasteiger partial charge on any atom is -0.486 e. The normalized spacial score (nSPS) is 11.7. The molecule has 0 radical (unpaired) electrons. The lowest BCUT2D eigenvalue weighted by molar-refractivity contribution is -0.0230. The van der Waals surface area contributed by atoms with Crippen LogP contribution in [0.15, 0.2) is 35.4 Å². The number of H-pyrrole nitrogens is 1. The predicted molar refractivity (Wildman–Crippen MR) is 95.0 cm³/mol. The largest absolute Gasteiger partial charge is 0.486 e. The summed E-state index contributed by atoms with van der Waals surface area (Å²) in [6.45, 7) is 2.26. The van der Waals surface area contributed by atoms with Crippen LogP contribution in [0.25, 0.3) is 17.2 Å². The zero-order chi connectivity index (χ0) is 19.4. The second-order valence-electron chi connectivity index (χ2n) is 5.56.